The average molecular weight is 360 g/mol. The molecule has 0 saturated carbocycles. The van der Waals surface area contributed by atoms with E-state index in [0.717, 1.165) is 45.1 Å². The maximum atomic E-state index is 12.6. The molecule has 2 N–H and O–H groups in total. The number of aromatic hydroxyl groups is 1. The molecule has 8 heteroatoms. The quantitative estimate of drug-likeness (QED) is 0.865. The van der Waals surface area contributed by atoms with E-state index in [9.17, 15) is 18.3 Å². The van der Waals surface area contributed by atoms with Crippen molar-refractivity contribution >= 4 is 0 Å². The Labute approximate surface area is 144 Å². The van der Waals surface area contributed by atoms with E-state index in [1.807, 2.05) is 0 Å². The van der Waals surface area contributed by atoms with Crippen LogP contribution in [0.15, 0.2) is 18.2 Å². The van der Waals surface area contributed by atoms with Crippen molar-refractivity contribution in [1.82, 2.24) is 10.2 Å². The first-order chi connectivity index (χ1) is 11.9. The Bertz CT molecular complexity index is 553. The molecule has 0 bridgehead atoms. The summed E-state index contributed by atoms with van der Waals surface area (Å²) in [6, 6.07) is 3.60. The molecule has 1 atom stereocenters. The summed E-state index contributed by atoms with van der Waals surface area (Å²) in [5, 5.41) is 13.6. The van der Waals surface area contributed by atoms with Crippen molar-refractivity contribution in [3.05, 3.63) is 23.8 Å². The summed E-state index contributed by atoms with van der Waals surface area (Å²) in [7, 11) is 0. The van der Waals surface area contributed by atoms with E-state index >= 15 is 0 Å². The van der Waals surface area contributed by atoms with Gasteiger partial charge in [0, 0.05) is 51.0 Å². The van der Waals surface area contributed by atoms with Gasteiger partial charge in [-0.1, -0.05) is 0 Å². The number of phenols is 1. The highest BCUT2D eigenvalue weighted by molar-refractivity contribution is 5.42. The second-order valence-electron chi connectivity index (χ2n) is 6.45. The van der Waals surface area contributed by atoms with Crippen molar-refractivity contribution in [2.45, 2.75) is 25.2 Å². The lowest BCUT2D eigenvalue weighted by Crippen LogP contribution is -2.47. The van der Waals surface area contributed by atoms with Crippen LogP contribution >= 0.6 is 0 Å². The highest BCUT2D eigenvalue weighted by Crippen LogP contribution is 2.41. The SMILES string of the molecule is Oc1ccc(OC(F)(F)F)cc1[C@@H](C1CCOCC1)N1CCNCC1. The van der Waals surface area contributed by atoms with Gasteiger partial charge in [-0.15, -0.1) is 13.2 Å². The van der Waals surface area contributed by atoms with Gasteiger partial charge in [0.25, 0.3) is 0 Å². The van der Waals surface area contributed by atoms with Crippen LogP contribution in [0.25, 0.3) is 0 Å². The minimum absolute atomic E-state index is 0.00421. The Balaban J connectivity index is 1.92. The van der Waals surface area contributed by atoms with Crippen molar-refractivity contribution in [3.8, 4) is 11.5 Å². The molecule has 3 rings (SSSR count). The molecule has 2 fully saturated rings. The first kappa shape index (κ1) is 18.3. The lowest BCUT2D eigenvalue weighted by Gasteiger charge is -2.41. The predicted octanol–water partition coefficient (Wildman–Crippen LogP) is 2.66. The highest BCUT2D eigenvalue weighted by atomic mass is 19.4. The minimum Gasteiger partial charge on any atom is -0.508 e. The van der Waals surface area contributed by atoms with E-state index < -0.39 is 6.36 Å². The van der Waals surface area contributed by atoms with Gasteiger partial charge in [-0.25, -0.2) is 0 Å². The smallest absolute Gasteiger partial charge is 0.508 e. The maximum Gasteiger partial charge on any atom is 0.573 e. The topological polar surface area (TPSA) is 54.0 Å². The standard InChI is InChI=1S/C17H23F3N2O3/c18-17(19,20)25-13-1-2-15(23)14(11-13)16(12-3-9-24-10-4-12)22-7-5-21-6-8-22/h1-2,11-12,16,21,23H,3-10H2/t16-/m1/s1. The number of nitrogens with one attached hydrogen (secondary N) is 1. The van der Waals surface area contributed by atoms with Crippen molar-refractivity contribution in [1.29, 1.82) is 0 Å². The van der Waals surface area contributed by atoms with Crippen molar-refractivity contribution in [2.75, 3.05) is 39.4 Å². The third kappa shape index (κ3) is 4.77. The van der Waals surface area contributed by atoms with Crippen LogP contribution in [0, 0.1) is 5.92 Å². The van der Waals surface area contributed by atoms with Gasteiger partial charge in [0.2, 0.25) is 0 Å². The number of alkyl halides is 3. The molecular formula is C17H23F3N2O3. The number of benzene rings is 1. The van der Waals surface area contributed by atoms with Crippen LogP contribution in [0.4, 0.5) is 13.2 Å². The van der Waals surface area contributed by atoms with Gasteiger partial charge in [-0.05, 0) is 37.0 Å². The van der Waals surface area contributed by atoms with Crippen LogP contribution in [0.2, 0.25) is 0 Å². The summed E-state index contributed by atoms with van der Waals surface area (Å²) in [5.74, 6) is -0.0732. The van der Waals surface area contributed by atoms with Crippen LogP contribution < -0.4 is 10.1 Å². The van der Waals surface area contributed by atoms with Crippen LogP contribution in [-0.2, 0) is 4.74 Å². The molecule has 25 heavy (non-hydrogen) atoms. The van der Waals surface area contributed by atoms with E-state index in [2.05, 4.69) is 15.0 Å². The molecule has 5 nitrogen and oxygen atoms in total. The Morgan fingerprint density at radius 3 is 2.52 bits per heavy atom. The molecule has 2 saturated heterocycles. The lowest BCUT2D eigenvalue weighted by atomic mass is 9.85. The van der Waals surface area contributed by atoms with Gasteiger partial charge in [0.1, 0.15) is 11.5 Å². The van der Waals surface area contributed by atoms with Gasteiger partial charge in [-0.2, -0.15) is 0 Å². The summed E-state index contributed by atoms with van der Waals surface area (Å²) < 4.78 is 47.2. The van der Waals surface area contributed by atoms with E-state index in [1.165, 1.54) is 12.1 Å². The molecule has 1 aromatic rings. The number of phenolic OH excluding ortho intramolecular Hbond substituents is 1. The molecular weight excluding hydrogens is 337 g/mol. The Kier molecular flexibility index (Phi) is 5.71. The number of ether oxygens (including phenoxy) is 2. The predicted molar refractivity (Wildman–Crippen MR) is 85.5 cm³/mol. The summed E-state index contributed by atoms with van der Waals surface area (Å²) in [6.07, 6.45) is -3.12. The molecule has 2 heterocycles. The number of rotatable bonds is 4. The molecule has 1 aromatic carbocycles. The van der Waals surface area contributed by atoms with Gasteiger partial charge in [0.15, 0.2) is 0 Å². The minimum atomic E-state index is -4.75. The summed E-state index contributed by atoms with van der Waals surface area (Å²) in [5.41, 5.74) is 0.496. The molecule has 2 aliphatic heterocycles. The summed E-state index contributed by atoms with van der Waals surface area (Å²) in [6.45, 7) is 4.47. The number of halogens is 3. The molecule has 0 aliphatic carbocycles. The van der Waals surface area contributed by atoms with Crippen molar-refractivity contribution in [2.24, 2.45) is 5.92 Å². The third-order valence-electron chi connectivity index (χ3n) is 4.81. The zero-order chi connectivity index (χ0) is 17.9. The Morgan fingerprint density at radius 2 is 1.88 bits per heavy atom. The average Bonchev–Trinajstić information content (AvgIpc) is 2.59. The van der Waals surface area contributed by atoms with Gasteiger partial charge in [-0.3, -0.25) is 4.90 Å². The Hall–Kier alpha value is -1.51. The second kappa shape index (κ2) is 7.80. The molecule has 0 amide bonds. The molecule has 140 valence electrons. The van der Waals surface area contributed by atoms with Gasteiger partial charge < -0.3 is 19.9 Å². The second-order valence-corrected chi connectivity index (χ2v) is 6.45. The van der Waals surface area contributed by atoms with Crippen LogP contribution in [0.1, 0.15) is 24.4 Å². The van der Waals surface area contributed by atoms with E-state index in [1.54, 1.807) is 0 Å². The largest absolute Gasteiger partial charge is 0.573 e. The van der Waals surface area contributed by atoms with Crippen LogP contribution in [-0.4, -0.2) is 55.8 Å². The summed E-state index contributed by atoms with van der Waals surface area (Å²) in [4.78, 5) is 2.24. The highest BCUT2D eigenvalue weighted by Gasteiger charge is 2.35. The number of hydrogen-bond acceptors (Lipinski definition) is 5. The number of piperazine rings is 1. The number of hydrogen-bond donors (Lipinski definition) is 2. The van der Waals surface area contributed by atoms with E-state index in [4.69, 9.17) is 4.74 Å². The van der Waals surface area contributed by atoms with Crippen molar-refractivity contribution < 1.29 is 27.8 Å². The first-order valence-corrected chi connectivity index (χ1v) is 8.55. The summed E-state index contributed by atoms with van der Waals surface area (Å²) >= 11 is 0. The molecule has 0 unspecified atom stereocenters. The van der Waals surface area contributed by atoms with Crippen LogP contribution in [0.5, 0.6) is 11.5 Å². The van der Waals surface area contributed by atoms with E-state index in [-0.39, 0.29) is 23.5 Å². The Morgan fingerprint density at radius 1 is 1.20 bits per heavy atom. The molecule has 0 spiro atoms. The first-order valence-electron chi connectivity index (χ1n) is 8.55. The zero-order valence-electron chi connectivity index (χ0n) is 13.9. The monoisotopic (exact) mass is 360 g/mol. The number of nitrogens with zero attached hydrogens (tertiary/aromatic N) is 1. The molecule has 0 aromatic heterocycles. The van der Waals surface area contributed by atoms with Gasteiger partial charge in [0.05, 0.1) is 0 Å². The fourth-order valence-electron chi connectivity index (χ4n) is 3.71. The van der Waals surface area contributed by atoms with Gasteiger partial charge >= 0.3 is 6.36 Å². The van der Waals surface area contributed by atoms with E-state index in [0.29, 0.717) is 18.8 Å². The third-order valence-corrected chi connectivity index (χ3v) is 4.81. The van der Waals surface area contributed by atoms with Crippen molar-refractivity contribution in [3.63, 3.8) is 0 Å². The van der Waals surface area contributed by atoms with Crippen LogP contribution in [0.3, 0.4) is 0 Å². The lowest BCUT2D eigenvalue weighted by molar-refractivity contribution is -0.274. The zero-order valence-corrected chi connectivity index (χ0v) is 13.9. The molecule has 0 radical (unpaired) electrons. The fraction of sp³-hybridized carbons (Fsp3) is 0.647. The fourth-order valence-corrected chi connectivity index (χ4v) is 3.71. The normalized spacial score (nSPS) is 21.9. The molecule has 2 aliphatic rings. The maximum absolute atomic E-state index is 12.6.